The molecule has 26 heavy (non-hydrogen) atoms. The quantitative estimate of drug-likeness (QED) is 0.632. The second-order valence-electron chi connectivity index (χ2n) is 7.17. The van der Waals surface area contributed by atoms with Crippen LogP contribution in [0.4, 0.5) is 5.69 Å². The van der Waals surface area contributed by atoms with Crippen molar-refractivity contribution in [1.82, 2.24) is 15.1 Å². The molecule has 2 heterocycles. The molecule has 2 saturated heterocycles. The Hall–Kier alpha value is -1.46. The fraction of sp³-hybridized carbons (Fsp3) is 0.650. The number of para-hydroxylation sites is 1. The predicted molar refractivity (Wildman–Crippen MR) is 111 cm³/mol. The molecule has 5 nitrogen and oxygen atoms in total. The molecule has 1 aromatic carbocycles. The van der Waals surface area contributed by atoms with Crippen molar-refractivity contribution in [1.29, 1.82) is 0 Å². The Morgan fingerprint density at radius 2 is 1.92 bits per heavy atom. The van der Waals surface area contributed by atoms with Crippen molar-refractivity contribution < 1.29 is 0 Å². The molecule has 3 rings (SSSR count). The molecule has 1 N–H and O–H groups in total. The summed E-state index contributed by atoms with van der Waals surface area (Å²) in [6, 6.07) is 8.12. The van der Waals surface area contributed by atoms with Gasteiger partial charge in [-0.2, -0.15) is 0 Å². The van der Waals surface area contributed by atoms with Gasteiger partial charge in [0.1, 0.15) is 0 Å². The largest absolute Gasteiger partial charge is 0.367 e. The van der Waals surface area contributed by atoms with Gasteiger partial charge in [-0.05, 0) is 44.5 Å². The highest BCUT2D eigenvalue weighted by atomic mass is 35.5. The molecule has 2 fully saturated rings. The summed E-state index contributed by atoms with van der Waals surface area (Å²) in [5.41, 5.74) is 1.14. The van der Waals surface area contributed by atoms with Crippen LogP contribution in [-0.2, 0) is 0 Å². The Kier molecular flexibility index (Phi) is 7.03. The van der Waals surface area contributed by atoms with Crippen molar-refractivity contribution >= 4 is 23.2 Å². The number of guanidine groups is 1. The molecule has 0 radical (unpaired) electrons. The first kappa shape index (κ1) is 19.3. The number of piperazine rings is 1. The standard InChI is InChI=1S/C20H32ClN5/c1-3-22-20(23-15-17-9-10-24(4-2)16-17)26-13-11-25(12-14-26)19-8-6-5-7-18(19)21/h5-8,17H,3-4,9-16H2,1-2H3,(H,22,23). The van der Waals surface area contributed by atoms with E-state index in [1.165, 1.54) is 19.5 Å². The van der Waals surface area contributed by atoms with Crippen LogP contribution in [0.15, 0.2) is 29.3 Å². The highest BCUT2D eigenvalue weighted by molar-refractivity contribution is 6.33. The number of nitrogens with zero attached hydrogens (tertiary/aromatic N) is 4. The molecule has 0 saturated carbocycles. The van der Waals surface area contributed by atoms with E-state index in [4.69, 9.17) is 16.6 Å². The third-order valence-corrected chi connectivity index (χ3v) is 5.74. The Labute approximate surface area is 163 Å². The molecule has 0 aromatic heterocycles. The summed E-state index contributed by atoms with van der Waals surface area (Å²) >= 11 is 6.36. The average molecular weight is 378 g/mol. The number of anilines is 1. The molecule has 0 bridgehead atoms. The van der Waals surface area contributed by atoms with Gasteiger partial charge in [0.15, 0.2) is 5.96 Å². The summed E-state index contributed by atoms with van der Waals surface area (Å²) in [7, 11) is 0. The number of aliphatic imine (C=N–C) groups is 1. The Morgan fingerprint density at radius 1 is 1.15 bits per heavy atom. The molecule has 0 aliphatic carbocycles. The van der Waals surface area contributed by atoms with Crippen LogP contribution in [0.3, 0.4) is 0 Å². The van der Waals surface area contributed by atoms with Crippen molar-refractivity contribution in [3.63, 3.8) is 0 Å². The minimum atomic E-state index is 0.702. The number of hydrogen-bond acceptors (Lipinski definition) is 3. The highest BCUT2D eigenvalue weighted by Gasteiger charge is 2.23. The number of rotatable bonds is 5. The first-order valence-electron chi connectivity index (χ1n) is 9.96. The van der Waals surface area contributed by atoms with Crippen LogP contribution in [0, 0.1) is 5.92 Å². The summed E-state index contributed by atoms with van der Waals surface area (Å²) in [5, 5.41) is 4.32. The summed E-state index contributed by atoms with van der Waals surface area (Å²) in [4.78, 5) is 12.3. The molecular weight excluding hydrogens is 346 g/mol. The zero-order valence-electron chi connectivity index (χ0n) is 16.1. The summed E-state index contributed by atoms with van der Waals surface area (Å²) in [5.74, 6) is 1.77. The third kappa shape index (κ3) is 4.83. The summed E-state index contributed by atoms with van der Waals surface area (Å²) < 4.78 is 0. The Bertz CT molecular complexity index is 598. The number of nitrogens with one attached hydrogen (secondary N) is 1. The van der Waals surface area contributed by atoms with Gasteiger partial charge >= 0.3 is 0 Å². The summed E-state index contributed by atoms with van der Waals surface area (Å²) in [6.45, 7) is 13.7. The Balaban J connectivity index is 1.56. The molecule has 1 aromatic rings. The molecule has 1 unspecified atom stereocenters. The Morgan fingerprint density at radius 3 is 2.58 bits per heavy atom. The van der Waals surface area contributed by atoms with Gasteiger partial charge in [-0.3, -0.25) is 4.99 Å². The number of hydrogen-bond donors (Lipinski definition) is 1. The van der Waals surface area contributed by atoms with Crippen LogP contribution >= 0.6 is 11.6 Å². The van der Waals surface area contributed by atoms with Crippen LogP contribution in [0.5, 0.6) is 0 Å². The predicted octanol–water partition coefficient (Wildman–Crippen LogP) is 2.77. The van der Waals surface area contributed by atoms with Gasteiger partial charge in [-0.15, -0.1) is 0 Å². The summed E-state index contributed by atoms with van der Waals surface area (Å²) in [6.07, 6.45) is 1.27. The van der Waals surface area contributed by atoms with E-state index in [0.717, 1.165) is 62.5 Å². The van der Waals surface area contributed by atoms with Crippen molar-refractivity contribution in [3.05, 3.63) is 29.3 Å². The second-order valence-corrected chi connectivity index (χ2v) is 7.58. The smallest absolute Gasteiger partial charge is 0.194 e. The first-order chi connectivity index (χ1) is 12.7. The van der Waals surface area contributed by atoms with Crippen LogP contribution in [-0.4, -0.2) is 74.7 Å². The molecule has 1 atom stereocenters. The zero-order chi connectivity index (χ0) is 18.4. The van der Waals surface area contributed by atoms with E-state index in [2.05, 4.69) is 46.0 Å². The van der Waals surface area contributed by atoms with E-state index in [1.54, 1.807) is 0 Å². The molecule has 0 spiro atoms. The van der Waals surface area contributed by atoms with Gasteiger partial charge in [0.05, 0.1) is 10.7 Å². The molecule has 6 heteroatoms. The normalized spacial score (nSPS) is 22.1. The lowest BCUT2D eigenvalue weighted by Gasteiger charge is -2.38. The minimum Gasteiger partial charge on any atom is -0.367 e. The van der Waals surface area contributed by atoms with E-state index in [0.29, 0.717) is 5.92 Å². The van der Waals surface area contributed by atoms with Crippen molar-refractivity contribution in [2.75, 3.05) is 63.8 Å². The van der Waals surface area contributed by atoms with Gasteiger partial charge in [-0.25, -0.2) is 0 Å². The van der Waals surface area contributed by atoms with Gasteiger partial charge in [0.2, 0.25) is 0 Å². The van der Waals surface area contributed by atoms with E-state index < -0.39 is 0 Å². The van der Waals surface area contributed by atoms with E-state index >= 15 is 0 Å². The van der Waals surface area contributed by atoms with Crippen molar-refractivity contribution in [2.45, 2.75) is 20.3 Å². The average Bonchev–Trinajstić information content (AvgIpc) is 3.14. The number of benzene rings is 1. The number of likely N-dealkylation sites (tertiary alicyclic amines) is 1. The second kappa shape index (κ2) is 9.47. The third-order valence-electron chi connectivity index (χ3n) is 5.42. The van der Waals surface area contributed by atoms with Gasteiger partial charge in [-0.1, -0.05) is 30.7 Å². The molecule has 2 aliphatic rings. The molecular formula is C20H32ClN5. The van der Waals surface area contributed by atoms with E-state index in [9.17, 15) is 0 Å². The maximum absolute atomic E-state index is 6.36. The molecule has 2 aliphatic heterocycles. The fourth-order valence-electron chi connectivity index (χ4n) is 3.86. The fourth-order valence-corrected chi connectivity index (χ4v) is 4.11. The minimum absolute atomic E-state index is 0.702. The van der Waals surface area contributed by atoms with Gasteiger partial charge in [0.25, 0.3) is 0 Å². The first-order valence-corrected chi connectivity index (χ1v) is 10.3. The molecule has 0 amide bonds. The van der Waals surface area contributed by atoms with Gasteiger partial charge < -0.3 is 20.0 Å². The van der Waals surface area contributed by atoms with Gasteiger partial charge in [0, 0.05) is 45.8 Å². The maximum atomic E-state index is 6.36. The lowest BCUT2D eigenvalue weighted by molar-refractivity contribution is 0.342. The SMILES string of the molecule is CCNC(=NCC1CCN(CC)C1)N1CCN(c2ccccc2Cl)CC1. The van der Waals surface area contributed by atoms with Crippen LogP contribution in [0.1, 0.15) is 20.3 Å². The van der Waals surface area contributed by atoms with Crippen molar-refractivity contribution in [2.24, 2.45) is 10.9 Å². The van der Waals surface area contributed by atoms with Crippen LogP contribution in [0.25, 0.3) is 0 Å². The van der Waals surface area contributed by atoms with E-state index in [1.807, 2.05) is 12.1 Å². The topological polar surface area (TPSA) is 34.1 Å². The maximum Gasteiger partial charge on any atom is 0.194 e. The van der Waals surface area contributed by atoms with E-state index in [-0.39, 0.29) is 0 Å². The zero-order valence-corrected chi connectivity index (χ0v) is 16.9. The lowest BCUT2D eigenvalue weighted by atomic mass is 10.1. The van der Waals surface area contributed by atoms with Crippen LogP contribution in [0.2, 0.25) is 5.02 Å². The van der Waals surface area contributed by atoms with Crippen LogP contribution < -0.4 is 10.2 Å². The van der Waals surface area contributed by atoms with Crippen molar-refractivity contribution in [3.8, 4) is 0 Å². The number of halogens is 1. The molecule has 144 valence electrons. The lowest BCUT2D eigenvalue weighted by Crippen LogP contribution is -2.52. The highest BCUT2D eigenvalue weighted by Crippen LogP contribution is 2.26. The monoisotopic (exact) mass is 377 g/mol.